The van der Waals surface area contributed by atoms with Gasteiger partial charge in [-0.3, -0.25) is 4.57 Å². The largest absolute Gasteiger partial charge is 0.383 e. The molecule has 0 bridgehead atoms. The molecular formula is C24H27N7. The fourth-order valence-corrected chi connectivity index (χ4v) is 4.04. The van der Waals surface area contributed by atoms with Crippen LogP contribution in [-0.2, 0) is 0 Å². The van der Waals surface area contributed by atoms with Crippen LogP contribution in [0.2, 0.25) is 0 Å². The van der Waals surface area contributed by atoms with E-state index in [4.69, 9.17) is 4.98 Å². The average Bonchev–Trinajstić information content (AvgIpc) is 3.48. The Hall–Kier alpha value is -3.45. The molecule has 4 aromatic rings. The van der Waals surface area contributed by atoms with Crippen LogP contribution in [0.3, 0.4) is 0 Å². The molecule has 1 saturated heterocycles. The summed E-state index contributed by atoms with van der Waals surface area (Å²) in [5.74, 6) is 1.38. The topological polar surface area (TPSA) is 79.7 Å². The van der Waals surface area contributed by atoms with Crippen molar-refractivity contribution in [1.82, 2.24) is 24.8 Å². The highest BCUT2D eigenvalue weighted by atomic mass is 15.2. The monoisotopic (exact) mass is 413 g/mol. The molecule has 31 heavy (non-hydrogen) atoms. The van der Waals surface area contributed by atoms with Crippen LogP contribution in [0.1, 0.15) is 31.4 Å². The van der Waals surface area contributed by atoms with Crippen molar-refractivity contribution < 1.29 is 0 Å². The number of rotatable bonds is 7. The third-order valence-corrected chi connectivity index (χ3v) is 5.80. The quantitative estimate of drug-likeness (QED) is 0.422. The Morgan fingerprint density at radius 2 is 2.03 bits per heavy atom. The van der Waals surface area contributed by atoms with Crippen molar-refractivity contribution in [2.75, 3.05) is 23.7 Å². The summed E-state index contributed by atoms with van der Waals surface area (Å²) in [4.78, 5) is 13.7. The molecule has 1 aliphatic heterocycles. The smallest absolute Gasteiger partial charge is 0.225 e. The van der Waals surface area contributed by atoms with E-state index in [0.717, 1.165) is 35.6 Å². The molecule has 158 valence electrons. The van der Waals surface area contributed by atoms with Crippen molar-refractivity contribution in [3.8, 4) is 5.82 Å². The Bertz CT molecular complexity index is 1150. The summed E-state index contributed by atoms with van der Waals surface area (Å²) in [6.07, 6.45) is 6.08. The molecule has 2 aromatic heterocycles. The summed E-state index contributed by atoms with van der Waals surface area (Å²) in [7, 11) is 0. The normalized spacial score (nSPS) is 17.0. The van der Waals surface area contributed by atoms with E-state index in [1.165, 1.54) is 18.4 Å². The summed E-state index contributed by atoms with van der Waals surface area (Å²) in [6, 6.07) is 19.1. The third kappa shape index (κ3) is 4.36. The number of hydrogen-bond acceptors (Lipinski definition) is 6. The number of aromatic nitrogens is 4. The molecule has 3 heterocycles. The number of benzene rings is 2. The maximum atomic E-state index is 4.74. The van der Waals surface area contributed by atoms with E-state index in [1.807, 2.05) is 41.2 Å². The molecule has 7 heteroatoms. The maximum Gasteiger partial charge on any atom is 0.225 e. The van der Waals surface area contributed by atoms with Crippen LogP contribution in [0.5, 0.6) is 0 Å². The van der Waals surface area contributed by atoms with Crippen molar-refractivity contribution in [3.05, 3.63) is 72.7 Å². The molecule has 2 atom stereocenters. The van der Waals surface area contributed by atoms with Crippen molar-refractivity contribution in [1.29, 1.82) is 0 Å². The predicted molar refractivity (Wildman–Crippen MR) is 125 cm³/mol. The highest BCUT2D eigenvalue weighted by Gasteiger charge is 2.14. The van der Waals surface area contributed by atoms with Gasteiger partial charge in [0, 0.05) is 24.5 Å². The first-order valence-electron chi connectivity index (χ1n) is 10.9. The van der Waals surface area contributed by atoms with Crippen LogP contribution in [0.15, 0.2) is 67.1 Å². The number of imidazole rings is 1. The molecule has 2 aromatic carbocycles. The molecule has 0 spiro atoms. The Balaban J connectivity index is 1.37. The van der Waals surface area contributed by atoms with E-state index in [9.17, 15) is 0 Å². The van der Waals surface area contributed by atoms with Gasteiger partial charge in [0.25, 0.3) is 0 Å². The van der Waals surface area contributed by atoms with Gasteiger partial charge in [0.2, 0.25) is 5.95 Å². The van der Waals surface area contributed by atoms with Gasteiger partial charge in [-0.15, -0.1) is 0 Å². The molecule has 1 fully saturated rings. The number of anilines is 2. The summed E-state index contributed by atoms with van der Waals surface area (Å²) >= 11 is 0. The lowest BCUT2D eigenvalue weighted by Crippen LogP contribution is -2.29. The van der Waals surface area contributed by atoms with Gasteiger partial charge in [-0.2, -0.15) is 4.98 Å². The first kappa shape index (κ1) is 19.5. The second kappa shape index (κ2) is 8.73. The summed E-state index contributed by atoms with van der Waals surface area (Å²) in [5.41, 5.74) is 4.24. The minimum absolute atomic E-state index is 0.107. The third-order valence-electron chi connectivity index (χ3n) is 5.80. The van der Waals surface area contributed by atoms with Crippen molar-refractivity contribution in [2.24, 2.45) is 0 Å². The van der Waals surface area contributed by atoms with Crippen LogP contribution in [0, 0.1) is 0 Å². The van der Waals surface area contributed by atoms with Crippen LogP contribution in [-0.4, -0.2) is 38.7 Å². The van der Waals surface area contributed by atoms with Crippen molar-refractivity contribution >= 4 is 22.7 Å². The second-order valence-corrected chi connectivity index (χ2v) is 8.01. The fourth-order valence-electron chi connectivity index (χ4n) is 4.04. The van der Waals surface area contributed by atoms with Gasteiger partial charge >= 0.3 is 0 Å². The van der Waals surface area contributed by atoms with Crippen LogP contribution < -0.4 is 16.0 Å². The van der Waals surface area contributed by atoms with Gasteiger partial charge in [0.1, 0.15) is 12.1 Å². The Kier molecular flexibility index (Phi) is 5.50. The molecule has 5 rings (SSSR count). The number of nitrogens with one attached hydrogen (secondary N) is 3. The van der Waals surface area contributed by atoms with Crippen molar-refractivity contribution in [2.45, 2.75) is 31.8 Å². The Morgan fingerprint density at radius 1 is 1.13 bits per heavy atom. The zero-order chi connectivity index (χ0) is 21.0. The van der Waals surface area contributed by atoms with Gasteiger partial charge in [-0.1, -0.05) is 30.3 Å². The number of hydrogen-bond donors (Lipinski definition) is 3. The van der Waals surface area contributed by atoms with Gasteiger partial charge in [0.15, 0.2) is 0 Å². The highest BCUT2D eigenvalue weighted by Crippen LogP contribution is 2.23. The zero-order valence-electron chi connectivity index (χ0n) is 17.6. The highest BCUT2D eigenvalue weighted by molar-refractivity contribution is 5.81. The number of nitrogens with zero attached hydrogens (tertiary/aromatic N) is 4. The molecule has 1 aliphatic rings. The van der Waals surface area contributed by atoms with E-state index in [1.54, 1.807) is 6.20 Å². The molecule has 0 aliphatic carbocycles. The predicted octanol–water partition coefficient (Wildman–Crippen LogP) is 4.15. The minimum atomic E-state index is 0.107. The molecule has 0 radical (unpaired) electrons. The standard InChI is InChI=1S/C24H27N7/c1-17(18-6-3-2-4-7-18)29-24-26-13-11-23(30-24)31-16-28-21-10-9-19(14-22(21)31)27-15-20-8-5-12-25-20/h2-4,6-7,9-11,13-14,16-17,20,25,27H,5,8,12,15H2,1H3,(H,26,29,30)/t17-,20?/m0/s1. The minimum Gasteiger partial charge on any atom is -0.383 e. The summed E-state index contributed by atoms with van der Waals surface area (Å²) < 4.78 is 2.01. The van der Waals surface area contributed by atoms with Crippen LogP contribution in [0.25, 0.3) is 16.9 Å². The Morgan fingerprint density at radius 3 is 2.87 bits per heavy atom. The average molecular weight is 414 g/mol. The molecular weight excluding hydrogens is 386 g/mol. The molecule has 7 nitrogen and oxygen atoms in total. The van der Waals surface area contributed by atoms with E-state index in [2.05, 4.69) is 57.1 Å². The van der Waals surface area contributed by atoms with E-state index < -0.39 is 0 Å². The lowest BCUT2D eigenvalue weighted by molar-refractivity contribution is 0.633. The van der Waals surface area contributed by atoms with E-state index in [0.29, 0.717) is 12.0 Å². The first-order valence-corrected chi connectivity index (χ1v) is 10.9. The number of fused-ring (bicyclic) bond motifs is 1. The summed E-state index contributed by atoms with van der Waals surface area (Å²) in [5, 5.41) is 10.5. The molecule has 0 saturated carbocycles. The van der Waals surface area contributed by atoms with Crippen LogP contribution in [0.4, 0.5) is 11.6 Å². The van der Waals surface area contributed by atoms with Gasteiger partial charge in [0.05, 0.1) is 17.1 Å². The Labute approximate surface area is 182 Å². The van der Waals surface area contributed by atoms with Gasteiger partial charge < -0.3 is 16.0 Å². The van der Waals surface area contributed by atoms with E-state index in [-0.39, 0.29) is 6.04 Å². The van der Waals surface area contributed by atoms with E-state index >= 15 is 0 Å². The molecule has 3 N–H and O–H groups in total. The van der Waals surface area contributed by atoms with Crippen molar-refractivity contribution in [3.63, 3.8) is 0 Å². The van der Waals surface area contributed by atoms with Gasteiger partial charge in [-0.05, 0) is 56.1 Å². The molecule has 1 unspecified atom stereocenters. The fraction of sp³-hybridized carbons (Fsp3) is 0.292. The SMILES string of the molecule is C[C@H](Nc1nccc(-n2cnc3ccc(NCC4CCCN4)cc32)n1)c1ccccc1. The summed E-state index contributed by atoms with van der Waals surface area (Å²) in [6.45, 7) is 4.15. The van der Waals surface area contributed by atoms with Gasteiger partial charge in [-0.25, -0.2) is 9.97 Å². The maximum absolute atomic E-state index is 4.74. The lowest BCUT2D eigenvalue weighted by atomic mass is 10.1. The second-order valence-electron chi connectivity index (χ2n) is 8.01. The lowest BCUT2D eigenvalue weighted by Gasteiger charge is -2.15. The molecule has 0 amide bonds. The first-order chi connectivity index (χ1) is 15.3. The van der Waals surface area contributed by atoms with Crippen LogP contribution >= 0.6 is 0 Å². The zero-order valence-corrected chi connectivity index (χ0v) is 17.6.